The first-order valence-electron chi connectivity index (χ1n) is 7.36. The largest absolute Gasteiger partial charge is 0.390 e. The second kappa shape index (κ2) is 5.40. The summed E-state index contributed by atoms with van der Waals surface area (Å²) in [7, 11) is 0. The van der Waals surface area contributed by atoms with Crippen LogP contribution in [0.25, 0.3) is 0 Å². The van der Waals surface area contributed by atoms with Crippen molar-refractivity contribution in [2.45, 2.75) is 50.6 Å². The van der Waals surface area contributed by atoms with Gasteiger partial charge in [0.05, 0.1) is 17.8 Å². The minimum Gasteiger partial charge on any atom is -0.390 e. The molecule has 3 nitrogen and oxygen atoms in total. The molecule has 5 atom stereocenters. The van der Waals surface area contributed by atoms with Crippen LogP contribution in [0.2, 0.25) is 5.02 Å². The van der Waals surface area contributed by atoms with E-state index in [-0.39, 0.29) is 18.1 Å². The van der Waals surface area contributed by atoms with E-state index in [2.05, 4.69) is 0 Å². The van der Waals surface area contributed by atoms with Crippen molar-refractivity contribution >= 4 is 11.6 Å². The number of aliphatic hydroxyl groups is 2. The summed E-state index contributed by atoms with van der Waals surface area (Å²) in [6, 6.07) is 7.48. The average Bonchev–Trinajstić information content (AvgIpc) is 2.43. The average molecular weight is 309 g/mol. The molecular formula is C17H21ClO3. The maximum atomic E-state index is 10.8. The Hall–Kier alpha value is -0.870. The molecule has 2 aliphatic rings. The van der Waals surface area contributed by atoms with E-state index in [1.807, 2.05) is 44.2 Å². The topological polar surface area (TPSA) is 49.7 Å². The van der Waals surface area contributed by atoms with Gasteiger partial charge >= 0.3 is 0 Å². The lowest BCUT2D eigenvalue weighted by molar-refractivity contribution is -0.206. The first-order valence-corrected chi connectivity index (χ1v) is 7.74. The summed E-state index contributed by atoms with van der Waals surface area (Å²) in [6.07, 6.45) is 2.04. The van der Waals surface area contributed by atoms with Gasteiger partial charge in [0.2, 0.25) is 0 Å². The zero-order valence-corrected chi connectivity index (χ0v) is 13.0. The lowest BCUT2D eigenvalue weighted by atomic mass is 9.70. The number of aliphatic hydroxyl groups excluding tert-OH is 1. The van der Waals surface area contributed by atoms with E-state index in [9.17, 15) is 10.2 Å². The highest BCUT2D eigenvalue weighted by molar-refractivity contribution is 6.30. The third kappa shape index (κ3) is 2.76. The van der Waals surface area contributed by atoms with Crippen molar-refractivity contribution in [2.75, 3.05) is 0 Å². The van der Waals surface area contributed by atoms with Gasteiger partial charge in [-0.3, -0.25) is 0 Å². The zero-order chi connectivity index (χ0) is 15.2. The summed E-state index contributed by atoms with van der Waals surface area (Å²) in [4.78, 5) is 0. The normalized spacial score (nSPS) is 39.6. The van der Waals surface area contributed by atoms with Crippen LogP contribution in [0, 0.1) is 5.92 Å². The minimum atomic E-state index is -0.856. The molecule has 0 radical (unpaired) electrons. The van der Waals surface area contributed by atoms with Gasteiger partial charge in [0.1, 0.15) is 6.10 Å². The monoisotopic (exact) mass is 308 g/mol. The molecule has 0 aromatic heterocycles. The van der Waals surface area contributed by atoms with Gasteiger partial charge in [0, 0.05) is 17.4 Å². The molecule has 0 bridgehead atoms. The van der Waals surface area contributed by atoms with Crippen molar-refractivity contribution in [1.29, 1.82) is 0 Å². The molecule has 1 aliphatic carbocycles. The van der Waals surface area contributed by atoms with Crippen molar-refractivity contribution in [1.82, 2.24) is 0 Å². The van der Waals surface area contributed by atoms with E-state index in [4.69, 9.17) is 16.3 Å². The van der Waals surface area contributed by atoms with Crippen LogP contribution in [-0.4, -0.2) is 28.0 Å². The summed E-state index contributed by atoms with van der Waals surface area (Å²) in [5.74, 6) is -0.0697. The fourth-order valence-corrected chi connectivity index (χ4v) is 3.59. The highest BCUT2D eigenvalue weighted by atomic mass is 35.5. The van der Waals surface area contributed by atoms with Gasteiger partial charge in [-0.05, 0) is 43.5 Å². The Balaban J connectivity index is 1.90. The molecule has 1 aromatic carbocycles. The van der Waals surface area contributed by atoms with E-state index in [1.165, 1.54) is 0 Å². The lowest BCUT2D eigenvalue weighted by Crippen LogP contribution is -2.55. The molecule has 21 heavy (non-hydrogen) atoms. The third-order valence-electron chi connectivity index (χ3n) is 4.83. The number of fused-ring (bicyclic) bond motifs is 1. The molecule has 3 rings (SSSR count). The Kier molecular flexibility index (Phi) is 3.87. The quantitative estimate of drug-likeness (QED) is 0.783. The highest BCUT2D eigenvalue weighted by Gasteiger charge is 2.49. The van der Waals surface area contributed by atoms with Crippen LogP contribution in [0.5, 0.6) is 0 Å². The summed E-state index contributed by atoms with van der Waals surface area (Å²) >= 11 is 5.92. The molecular weight excluding hydrogens is 288 g/mol. The maximum Gasteiger partial charge on any atom is 0.101 e. The van der Waals surface area contributed by atoms with Crippen molar-refractivity contribution in [3.8, 4) is 0 Å². The Labute approximate surface area is 130 Å². The molecule has 1 aliphatic heterocycles. The van der Waals surface area contributed by atoms with Crippen molar-refractivity contribution < 1.29 is 14.9 Å². The van der Waals surface area contributed by atoms with Gasteiger partial charge in [-0.25, -0.2) is 0 Å². The number of allylic oxidation sites excluding steroid dienone is 1. The van der Waals surface area contributed by atoms with E-state index in [0.29, 0.717) is 11.4 Å². The fraction of sp³-hybridized carbons (Fsp3) is 0.529. The number of ether oxygens (including phenoxy) is 1. The molecule has 0 amide bonds. The smallest absolute Gasteiger partial charge is 0.101 e. The van der Waals surface area contributed by atoms with Crippen molar-refractivity contribution in [3.05, 3.63) is 46.5 Å². The van der Waals surface area contributed by atoms with Gasteiger partial charge in [-0.15, -0.1) is 0 Å². The molecule has 0 spiro atoms. The van der Waals surface area contributed by atoms with Crippen LogP contribution in [-0.2, 0) is 4.74 Å². The molecule has 4 heteroatoms. The van der Waals surface area contributed by atoms with Crippen molar-refractivity contribution in [3.63, 3.8) is 0 Å². The third-order valence-corrected chi connectivity index (χ3v) is 5.08. The van der Waals surface area contributed by atoms with Crippen LogP contribution in [0.1, 0.15) is 38.4 Å². The molecule has 1 saturated heterocycles. The number of halogens is 1. The molecule has 114 valence electrons. The van der Waals surface area contributed by atoms with Gasteiger partial charge in [0.15, 0.2) is 0 Å². The van der Waals surface area contributed by atoms with Crippen LogP contribution in [0.15, 0.2) is 35.9 Å². The summed E-state index contributed by atoms with van der Waals surface area (Å²) in [5.41, 5.74) is 1.05. The Bertz CT molecular complexity index is 550. The number of rotatable bonds is 1. The van der Waals surface area contributed by atoms with Gasteiger partial charge < -0.3 is 14.9 Å². The molecule has 2 N–H and O–H groups in total. The zero-order valence-electron chi connectivity index (χ0n) is 12.3. The first kappa shape index (κ1) is 15.0. The minimum absolute atomic E-state index is 0.0697. The first-order chi connectivity index (χ1) is 9.88. The van der Waals surface area contributed by atoms with E-state index in [1.54, 1.807) is 0 Å². The predicted octanol–water partition coefficient (Wildman–Crippen LogP) is 3.25. The van der Waals surface area contributed by atoms with E-state index >= 15 is 0 Å². The molecule has 1 heterocycles. The van der Waals surface area contributed by atoms with Gasteiger partial charge in [0.25, 0.3) is 0 Å². The fourth-order valence-electron chi connectivity index (χ4n) is 3.46. The molecule has 0 saturated carbocycles. The highest BCUT2D eigenvalue weighted by Crippen LogP contribution is 2.46. The maximum absolute atomic E-state index is 10.8. The van der Waals surface area contributed by atoms with E-state index < -0.39 is 11.7 Å². The second-order valence-corrected chi connectivity index (χ2v) is 6.87. The lowest BCUT2D eigenvalue weighted by Gasteiger charge is -2.49. The number of hydrogen-bond acceptors (Lipinski definition) is 3. The van der Waals surface area contributed by atoms with Gasteiger partial charge in [-0.1, -0.05) is 29.8 Å². The SMILES string of the molecule is CC1=CC[C@@H]2[C@@H](OC(c3ccc(Cl)cc3)CC2(C)O)[C@@H]1O. The van der Waals surface area contributed by atoms with E-state index in [0.717, 1.165) is 17.6 Å². The molecule has 1 aromatic rings. The Morgan fingerprint density at radius 3 is 2.62 bits per heavy atom. The Morgan fingerprint density at radius 1 is 1.29 bits per heavy atom. The number of hydrogen-bond donors (Lipinski definition) is 2. The number of benzene rings is 1. The van der Waals surface area contributed by atoms with Crippen LogP contribution < -0.4 is 0 Å². The molecule has 2 unspecified atom stereocenters. The molecule has 1 fully saturated rings. The standard InChI is InChI=1S/C17H21ClO3/c1-10-3-8-13-16(15(10)19)21-14(9-17(13,2)20)11-4-6-12(18)7-5-11/h3-7,13-16,19-20H,8-9H2,1-2H3/t13-,14?,15-,16-,17?/m1/s1. The Morgan fingerprint density at radius 2 is 1.95 bits per heavy atom. The summed E-state index contributed by atoms with van der Waals surface area (Å²) in [6.45, 7) is 3.75. The second-order valence-electron chi connectivity index (χ2n) is 6.44. The summed E-state index contributed by atoms with van der Waals surface area (Å²) in [5, 5.41) is 21.9. The van der Waals surface area contributed by atoms with Gasteiger partial charge in [-0.2, -0.15) is 0 Å². The predicted molar refractivity (Wildman–Crippen MR) is 82.2 cm³/mol. The van der Waals surface area contributed by atoms with Crippen LogP contribution in [0.4, 0.5) is 0 Å². The van der Waals surface area contributed by atoms with Crippen LogP contribution >= 0.6 is 11.6 Å². The summed E-state index contributed by atoms with van der Waals surface area (Å²) < 4.78 is 6.14. The van der Waals surface area contributed by atoms with Crippen molar-refractivity contribution in [2.24, 2.45) is 5.92 Å². The van der Waals surface area contributed by atoms with Crippen LogP contribution in [0.3, 0.4) is 0 Å².